The predicted octanol–water partition coefficient (Wildman–Crippen LogP) is 4.83. The number of sulfonamides is 1. The summed E-state index contributed by atoms with van der Waals surface area (Å²) in [5, 5.41) is 0.0112. The normalized spacial score (nSPS) is 26.3. The van der Waals surface area contributed by atoms with E-state index in [9.17, 15) is 13.2 Å². The number of hydrogen-bond donors (Lipinski definition) is 0. The van der Waals surface area contributed by atoms with Crippen molar-refractivity contribution in [3.63, 3.8) is 0 Å². The molecular weight excluding hydrogens is 414 g/mol. The Morgan fingerprint density at radius 2 is 1.77 bits per heavy atom. The molecule has 3 rings (SSSR count). The fourth-order valence-electron chi connectivity index (χ4n) is 3.99. The molecule has 0 unspecified atom stereocenters. The van der Waals surface area contributed by atoms with Crippen molar-refractivity contribution in [3.05, 3.63) is 42.0 Å². The maximum atomic E-state index is 13.7. The first kappa shape index (κ1) is 23.4. The Kier molecular flexibility index (Phi) is 6.24. The van der Waals surface area contributed by atoms with Gasteiger partial charge in [-0.25, -0.2) is 8.42 Å². The maximum Gasteiger partial charge on any atom is 0.244 e. The van der Waals surface area contributed by atoms with Gasteiger partial charge in [0.25, 0.3) is 0 Å². The number of Topliss-reactive ketones (excluding diaryl/α,β-unsaturated/α-hetero) is 1. The van der Waals surface area contributed by atoms with Crippen molar-refractivity contribution in [3.8, 4) is 0 Å². The minimum Gasteiger partial charge on any atom is -0.409 e. The van der Waals surface area contributed by atoms with Crippen molar-refractivity contribution in [1.82, 2.24) is 4.31 Å². The summed E-state index contributed by atoms with van der Waals surface area (Å²) >= 11 is 0. The van der Waals surface area contributed by atoms with Gasteiger partial charge in [-0.15, -0.1) is 0 Å². The second-order valence-electron chi connectivity index (χ2n) is 10.2. The van der Waals surface area contributed by atoms with Crippen molar-refractivity contribution >= 4 is 24.1 Å². The molecule has 166 valence electrons. The zero-order valence-electron chi connectivity index (χ0n) is 19.1. The smallest absolute Gasteiger partial charge is 0.244 e. The summed E-state index contributed by atoms with van der Waals surface area (Å²) in [6, 6.07) is 6.86. The van der Waals surface area contributed by atoms with E-state index in [1.807, 2.05) is 19.1 Å². The van der Waals surface area contributed by atoms with Gasteiger partial charge in [0.15, 0.2) is 14.1 Å². The zero-order valence-corrected chi connectivity index (χ0v) is 20.9. The molecule has 0 amide bonds. The Hall–Kier alpha value is -1.28. The molecule has 1 aliphatic carbocycles. The van der Waals surface area contributed by atoms with Gasteiger partial charge in [-0.3, -0.25) is 4.79 Å². The van der Waals surface area contributed by atoms with Crippen LogP contribution in [0.1, 0.15) is 52.0 Å². The third-order valence-corrected chi connectivity index (χ3v) is 13.4. The van der Waals surface area contributed by atoms with E-state index in [2.05, 4.69) is 33.9 Å². The molecule has 1 saturated carbocycles. The second-order valence-corrected chi connectivity index (χ2v) is 16.8. The van der Waals surface area contributed by atoms with Crippen LogP contribution in [0, 0.1) is 6.92 Å². The van der Waals surface area contributed by atoms with Crippen molar-refractivity contribution in [2.45, 2.75) is 88.0 Å². The van der Waals surface area contributed by atoms with Crippen LogP contribution >= 0.6 is 0 Å². The van der Waals surface area contributed by atoms with Crippen LogP contribution in [0.25, 0.3) is 0 Å². The van der Waals surface area contributed by atoms with Crippen LogP contribution in [-0.2, 0) is 19.2 Å². The van der Waals surface area contributed by atoms with Crippen LogP contribution < -0.4 is 0 Å². The molecule has 0 aromatic heterocycles. The van der Waals surface area contributed by atoms with Crippen LogP contribution in [-0.4, -0.2) is 45.0 Å². The van der Waals surface area contributed by atoms with Crippen LogP contribution in [0.3, 0.4) is 0 Å². The number of nitrogens with zero attached hydrogens (tertiary/aromatic N) is 1. The summed E-state index contributed by atoms with van der Waals surface area (Å²) in [6.07, 6.45) is 6.00. The predicted molar refractivity (Wildman–Crippen MR) is 122 cm³/mol. The van der Waals surface area contributed by atoms with E-state index >= 15 is 0 Å². The highest BCUT2D eigenvalue weighted by atomic mass is 32.2. The van der Waals surface area contributed by atoms with Gasteiger partial charge in [-0.05, 0) is 50.0 Å². The summed E-state index contributed by atoms with van der Waals surface area (Å²) in [7, 11) is -5.95. The molecule has 0 saturated heterocycles. The molecule has 1 aromatic rings. The number of ketones is 1. The molecule has 2 atom stereocenters. The molecule has 2 aliphatic rings. The lowest BCUT2D eigenvalue weighted by Gasteiger charge is -2.47. The third kappa shape index (κ3) is 4.22. The molecule has 0 N–H and O–H groups in total. The highest BCUT2D eigenvalue weighted by molar-refractivity contribution is 7.89. The third-order valence-electron chi connectivity index (χ3n) is 6.93. The number of carbonyl (C=O) groups excluding carboxylic acids is 1. The average molecular weight is 450 g/mol. The molecule has 5 nitrogen and oxygen atoms in total. The topological polar surface area (TPSA) is 63.7 Å². The first-order valence-electron chi connectivity index (χ1n) is 10.8. The van der Waals surface area contributed by atoms with Crippen molar-refractivity contribution in [1.29, 1.82) is 0 Å². The minimum absolute atomic E-state index is 0.00790. The molecule has 1 aliphatic heterocycles. The lowest BCUT2D eigenvalue weighted by molar-refractivity contribution is -0.129. The van der Waals surface area contributed by atoms with Gasteiger partial charge in [0.2, 0.25) is 10.0 Å². The summed E-state index contributed by atoms with van der Waals surface area (Å²) in [4.78, 5) is 13.3. The molecule has 1 fully saturated rings. The van der Waals surface area contributed by atoms with E-state index in [4.69, 9.17) is 4.43 Å². The van der Waals surface area contributed by atoms with E-state index in [0.717, 1.165) is 18.4 Å². The molecule has 1 heterocycles. The second kappa shape index (κ2) is 8.00. The summed E-state index contributed by atoms with van der Waals surface area (Å²) in [6.45, 7) is 12.9. The van der Waals surface area contributed by atoms with Gasteiger partial charge < -0.3 is 4.43 Å². The number of benzene rings is 1. The summed E-state index contributed by atoms with van der Waals surface area (Å²) in [5.74, 6) is -0.00790. The molecule has 30 heavy (non-hydrogen) atoms. The maximum absolute atomic E-state index is 13.7. The fraction of sp³-hybridized carbons (Fsp3) is 0.609. The number of carbonyl (C=O) groups is 1. The van der Waals surface area contributed by atoms with Gasteiger partial charge >= 0.3 is 0 Å². The molecule has 7 heteroatoms. The van der Waals surface area contributed by atoms with E-state index in [1.54, 1.807) is 24.3 Å². The Labute approximate surface area is 182 Å². The van der Waals surface area contributed by atoms with E-state index in [-0.39, 0.29) is 28.4 Å². The van der Waals surface area contributed by atoms with Crippen molar-refractivity contribution < 1.29 is 17.6 Å². The highest BCUT2D eigenvalue weighted by Gasteiger charge is 2.52. The monoisotopic (exact) mass is 449 g/mol. The lowest BCUT2D eigenvalue weighted by Crippen LogP contribution is -2.61. The Balaban J connectivity index is 2.03. The first-order chi connectivity index (χ1) is 13.8. The fourth-order valence-corrected chi connectivity index (χ4v) is 7.02. The van der Waals surface area contributed by atoms with Crippen LogP contribution in [0.5, 0.6) is 0 Å². The molecule has 1 aromatic carbocycles. The molecule has 1 spiro atoms. The largest absolute Gasteiger partial charge is 0.409 e. The van der Waals surface area contributed by atoms with E-state index in [0.29, 0.717) is 12.8 Å². The van der Waals surface area contributed by atoms with Gasteiger partial charge in [-0.1, -0.05) is 57.0 Å². The van der Waals surface area contributed by atoms with Gasteiger partial charge in [0.05, 0.1) is 11.0 Å². The SMILES string of the molecule is Cc1ccc(S(=O)(=O)N2C[C@@H](O[Si](C)(C)C(C)(C)C)C=C[C@@]23CCCCC3=O)cc1. The number of rotatable bonds is 4. The molecule has 0 bridgehead atoms. The van der Waals surface area contributed by atoms with Crippen molar-refractivity contribution in [2.24, 2.45) is 0 Å². The standard InChI is InChI=1S/C23H35NO4SSi/c1-18-10-12-20(13-11-18)29(26,27)24-17-19(28-30(5,6)22(2,3)4)14-16-23(24)15-8-7-9-21(23)25/h10-14,16,19H,7-9,15,17H2,1-6H3/t19-,23+/m0/s1. The van der Waals surface area contributed by atoms with E-state index in [1.165, 1.54) is 4.31 Å². The Bertz CT molecular complexity index is 931. The van der Waals surface area contributed by atoms with Crippen molar-refractivity contribution in [2.75, 3.05) is 6.54 Å². The summed E-state index contributed by atoms with van der Waals surface area (Å²) in [5.41, 5.74) is -0.0926. The Morgan fingerprint density at radius 3 is 2.33 bits per heavy atom. The van der Waals surface area contributed by atoms with Gasteiger partial charge in [0, 0.05) is 13.0 Å². The van der Waals surface area contributed by atoms with Crippen LogP contribution in [0.2, 0.25) is 18.1 Å². The van der Waals surface area contributed by atoms with Gasteiger partial charge in [0.1, 0.15) is 5.54 Å². The van der Waals surface area contributed by atoms with Crippen LogP contribution in [0.4, 0.5) is 0 Å². The first-order valence-corrected chi connectivity index (χ1v) is 15.1. The minimum atomic E-state index is -3.85. The number of hydrogen-bond acceptors (Lipinski definition) is 4. The molecule has 0 radical (unpaired) electrons. The van der Waals surface area contributed by atoms with Gasteiger partial charge in [-0.2, -0.15) is 4.31 Å². The van der Waals surface area contributed by atoms with E-state index < -0.39 is 23.9 Å². The quantitative estimate of drug-likeness (QED) is 0.488. The average Bonchev–Trinajstić information content (AvgIpc) is 2.65. The molecular formula is C23H35NO4SSi. The number of aryl methyl sites for hydroxylation is 1. The Morgan fingerprint density at radius 1 is 1.13 bits per heavy atom. The zero-order chi connectivity index (χ0) is 22.4. The lowest BCUT2D eigenvalue weighted by atomic mass is 9.78. The highest BCUT2D eigenvalue weighted by Crippen LogP contribution is 2.42. The summed E-state index contributed by atoms with van der Waals surface area (Å²) < 4.78 is 35.4. The van der Waals surface area contributed by atoms with Crippen LogP contribution in [0.15, 0.2) is 41.3 Å².